The molecule has 0 aliphatic carbocycles. The number of piperazine rings is 1. The summed E-state index contributed by atoms with van der Waals surface area (Å²) in [5.74, 6) is 1.78. The quantitative estimate of drug-likeness (QED) is 0.217. The lowest BCUT2D eigenvalue weighted by Gasteiger charge is -2.36. The first-order chi connectivity index (χ1) is 19.2. The van der Waals surface area contributed by atoms with Gasteiger partial charge in [-0.1, -0.05) is 12.1 Å². The number of anilines is 1. The van der Waals surface area contributed by atoms with Gasteiger partial charge in [-0.3, -0.25) is 4.90 Å². The minimum atomic E-state index is -4.37. The zero-order chi connectivity index (χ0) is 28.3. The van der Waals surface area contributed by atoms with E-state index in [2.05, 4.69) is 21.9 Å². The minimum absolute atomic E-state index is 0.265. The smallest absolute Gasteiger partial charge is 0.416 e. The van der Waals surface area contributed by atoms with Crippen LogP contribution in [0.25, 0.3) is 10.6 Å². The number of aromatic hydroxyl groups is 1. The monoisotopic (exact) mass is 585 g/mol. The highest BCUT2D eigenvalue weighted by Gasteiger charge is 2.30. The van der Waals surface area contributed by atoms with Gasteiger partial charge in [0, 0.05) is 59.5 Å². The van der Waals surface area contributed by atoms with Gasteiger partial charge < -0.3 is 14.7 Å². The van der Waals surface area contributed by atoms with E-state index < -0.39 is 11.7 Å². The van der Waals surface area contributed by atoms with E-state index >= 15 is 0 Å². The second-order valence-electron chi connectivity index (χ2n) is 9.66. The number of benzene rings is 3. The molecule has 1 fully saturated rings. The number of halogens is 3. The number of phenolic OH excluding ortho intramolecular Hbond substituents is 1. The van der Waals surface area contributed by atoms with Crippen LogP contribution in [-0.2, 0) is 18.5 Å². The predicted octanol–water partition coefficient (Wildman–Crippen LogP) is 7.47. The van der Waals surface area contributed by atoms with Gasteiger partial charge in [-0.05, 0) is 67.1 Å². The topological polar surface area (TPSA) is 48.8 Å². The summed E-state index contributed by atoms with van der Waals surface area (Å²) in [5.41, 5.74) is 2.96. The molecule has 4 aromatic rings. The Morgan fingerprint density at radius 3 is 2.30 bits per heavy atom. The highest BCUT2D eigenvalue weighted by molar-refractivity contribution is 7.98. The van der Waals surface area contributed by atoms with Gasteiger partial charge in [0.15, 0.2) is 0 Å². The molecule has 1 N–H and O–H groups in total. The lowest BCUT2D eigenvalue weighted by Crippen LogP contribution is -2.46. The van der Waals surface area contributed by atoms with Crippen molar-refractivity contribution in [2.45, 2.75) is 30.3 Å². The molecule has 40 heavy (non-hydrogen) atoms. The number of hydrogen-bond donors (Lipinski definition) is 1. The average Bonchev–Trinajstić information content (AvgIpc) is 3.36. The summed E-state index contributed by atoms with van der Waals surface area (Å²) in [5, 5.41) is 10.6. The van der Waals surface area contributed by atoms with Crippen LogP contribution < -0.4 is 9.64 Å². The molecule has 1 aliphatic rings. The van der Waals surface area contributed by atoms with Crippen molar-refractivity contribution in [2.75, 3.05) is 38.2 Å². The van der Waals surface area contributed by atoms with Crippen molar-refractivity contribution in [3.8, 4) is 22.1 Å². The number of alkyl halides is 3. The molecule has 0 atom stereocenters. The van der Waals surface area contributed by atoms with E-state index in [0.717, 1.165) is 70.1 Å². The third-order valence-corrected chi connectivity index (χ3v) is 9.31. The molecule has 210 valence electrons. The van der Waals surface area contributed by atoms with Gasteiger partial charge in [-0.25, -0.2) is 4.98 Å². The largest absolute Gasteiger partial charge is 0.508 e. The molecule has 0 saturated carbocycles. The summed E-state index contributed by atoms with van der Waals surface area (Å²) in [4.78, 5) is 11.8. The average molecular weight is 586 g/mol. The van der Waals surface area contributed by atoms with Crippen LogP contribution in [-0.4, -0.2) is 48.3 Å². The second-order valence-corrected chi connectivity index (χ2v) is 11.8. The second kappa shape index (κ2) is 12.1. The van der Waals surface area contributed by atoms with Crippen LogP contribution in [0.5, 0.6) is 11.5 Å². The summed E-state index contributed by atoms with van der Waals surface area (Å²) in [6.07, 6.45) is -4.37. The number of aromatic nitrogens is 1. The zero-order valence-electron chi connectivity index (χ0n) is 22.2. The van der Waals surface area contributed by atoms with Gasteiger partial charge in [-0.2, -0.15) is 13.2 Å². The number of hydrogen-bond acceptors (Lipinski definition) is 7. The van der Waals surface area contributed by atoms with E-state index in [1.165, 1.54) is 29.2 Å². The van der Waals surface area contributed by atoms with Crippen LogP contribution in [0, 0.1) is 6.92 Å². The molecule has 1 aromatic heterocycles. The standard InChI is InChI=1S/C30H30F3N3O2S2/c1-20-17-25(11-12-27(20)37)39-19-28-26(34-29(40-28)21-3-5-22(6-4-21)30(31,32)33)18-35-13-15-36(16-14-35)23-7-9-24(38-2)10-8-23/h3-12,17,37H,13-16,18-19H2,1-2H3. The van der Waals surface area contributed by atoms with Crippen molar-refractivity contribution in [3.63, 3.8) is 0 Å². The molecule has 3 aromatic carbocycles. The number of methoxy groups -OCH3 is 1. The SMILES string of the molecule is COc1ccc(N2CCN(Cc3nc(-c4ccc(C(F)(F)F)cc4)sc3CSc3ccc(O)c(C)c3)CC2)cc1. The zero-order valence-corrected chi connectivity index (χ0v) is 23.9. The lowest BCUT2D eigenvalue weighted by atomic mass is 10.1. The Hall–Kier alpha value is -3.21. The molecule has 5 nitrogen and oxygen atoms in total. The fourth-order valence-corrected chi connectivity index (χ4v) is 6.75. The summed E-state index contributed by atoms with van der Waals surface area (Å²) in [7, 11) is 1.66. The summed E-state index contributed by atoms with van der Waals surface area (Å²) in [6.45, 7) is 6.08. The van der Waals surface area contributed by atoms with E-state index in [1.54, 1.807) is 24.9 Å². The molecule has 5 rings (SSSR count). The van der Waals surface area contributed by atoms with Gasteiger partial charge in [0.2, 0.25) is 0 Å². The number of ether oxygens (including phenoxy) is 1. The van der Waals surface area contributed by atoms with Crippen LogP contribution in [0.3, 0.4) is 0 Å². The molecule has 10 heteroatoms. The maximum absolute atomic E-state index is 13.1. The van der Waals surface area contributed by atoms with Gasteiger partial charge >= 0.3 is 6.18 Å². The molecular weight excluding hydrogens is 555 g/mol. The van der Waals surface area contributed by atoms with Gasteiger partial charge in [0.05, 0.1) is 18.4 Å². The molecule has 2 heterocycles. The summed E-state index contributed by atoms with van der Waals surface area (Å²) in [6, 6.07) is 18.9. The first-order valence-corrected chi connectivity index (χ1v) is 14.7. The van der Waals surface area contributed by atoms with E-state index in [-0.39, 0.29) is 5.75 Å². The highest BCUT2D eigenvalue weighted by atomic mass is 32.2. The van der Waals surface area contributed by atoms with Gasteiger partial charge in [0.25, 0.3) is 0 Å². The molecule has 0 radical (unpaired) electrons. The molecule has 0 spiro atoms. The van der Waals surface area contributed by atoms with Crippen molar-refractivity contribution < 1.29 is 23.0 Å². The maximum Gasteiger partial charge on any atom is 0.416 e. The molecule has 0 amide bonds. The Morgan fingerprint density at radius 1 is 0.975 bits per heavy atom. The summed E-state index contributed by atoms with van der Waals surface area (Å²) >= 11 is 3.19. The Bertz CT molecular complexity index is 1430. The number of phenols is 1. The number of aryl methyl sites for hydroxylation is 1. The first-order valence-electron chi connectivity index (χ1n) is 12.9. The number of thioether (sulfide) groups is 1. The normalized spacial score (nSPS) is 14.5. The van der Waals surface area contributed by atoms with Crippen molar-refractivity contribution >= 4 is 28.8 Å². The lowest BCUT2D eigenvalue weighted by molar-refractivity contribution is -0.137. The maximum atomic E-state index is 13.1. The Labute approximate surface area is 240 Å². The van der Waals surface area contributed by atoms with E-state index in [4.69, 9.17) is 9.72 Å². The van der Waals surface area contributed by atoms with Crippen molar-refractivity contribution in [1.29, 1.82) is 0 Å². The molecular formula is C30H30F3N3O2S2. The Morgan fingerprint density at radius 2 is 1.68 bits per heavy atom. The molecule has 1 saturated heterocycles. The third-order valence-electron chi connectivity index (χ3n) is 6.96. The number of thiazole rings is 1. The number of nitrogens with zero attached hydrogens (tertiary/aromatic N) is 3. The van der Waals surface area contributed by atoms with Crippen LogP contribution in [0.2, 0.25) is 0 Å². The van der Waals surface area contributed by atoms with Crippen LogP contribution in [0.15, 0.2) is 71.6 Å². The van der Waals surface area contributed by atoms with Crippen LogP contribution in [0.4, 0.5) is 18.9 Å². The van der Waals surface area contributed by atoms with E-state index in [1.807, 2.05) is 31.2 Å². The van der Waals surface area contributed by atoms with Crippen LogP contribution in [0.1, 0.15) is 21.7 Å². The fourth-order valence-electron chi connectivity index (χ4n) is 4.58. The summed E-state index contributed by atoms with van der Waals surface area (Å²) < 4.78 is 44.5. The van der Waals surface area contributed by atoms with Crippen molar-refractivity contribution in [2.24, 2.45) is 0 Å². The molecule has 1 aliphatic heterocycles. The Balaban J connectivity index is 1.32. The predicted molar refractivity (Wildman–Crippen MR) is 155 cm³/mol. The van der Waals surface area contributed by atoms with E-state index in [0.29, 0.717) is 17.9 Å². The van der Waals surface area contributed by atoms with Crippen molar-refractivity contribution in [3.05, 3.63) is 88.4 Å². The first kappa shape index (κ1) is 28.3. The minimum Gasteiger partial charge on any atom is -0.508 e. The Kier molecular flexibility index (Phi) is 8.58. The fraction of sp³-hybridized carbons (Fsp3) is 0.300. The van der Waals surface area contributed by atoms with Crippen LogP contribution >= 0.6 is 23.1 Å². The molecule has 0 bridgehead atoms. The number of rotatable bonds is 8. The van der Waals surface area contributed by atoms with Gasteiger partial charge in [-0.15, -0.1) is 23.1 Å². The van der Waals surface area contributed by atoms with E-state index in [9.17, 15) is 18.3 Å². The van der Waals surface area contributed by atoms with Crippen molar-refractivity contribution in [1.82, 2.24) is 9.88 Å². The highest BCUT2D eigenvalue weighted by Crippen LogP contribution is 2.36. The van der Waals surface area contributed by atoms with Gasteiger partial charge in [0.1, 0.15) is 16.5 Å². The third kappa shape index (κ3) is 6.74. The molecule has 0 unspecified atom stereocenters.